The van der Waals surface area contributed by atoms with E-state index in [0.29, 0.717) is 5.41 Å². The fraction of sp³-hybridized carbons (Fsp3) is 1.00. The van der Waals surface area contributed by atoms with Crippen LogP contribution in [0.2, 0.25) is 0 Å². The van der Waals surface area contributed by atoms with Crippen LogP contribution in [0.25, 0.3) is 0 Å². The monoisotopic (exact) mass is 258 g/mol. The third-order valence-corrected chi connectivity index (χ3v) is 4.51. The molecule has 1 fully saturated rings. The molecule has 1 aliphatic heterocycles. The molecule has 17 heavy (non-hydrogen) atoms. The van der Waals surface area contributed by atoms with Crippen molar-refractivity contribution < 1.29 is 0 Å². The molecule has 0 aromatic carbocycles. The maximum atomic E-state index is 3.59. The zero-order chi connectivity index (χ0) is 12.9. The van der Waals surface area contributed by atoms with E-state index in [-0.39, 0.29) is 0 Å². The highest BCUT2D eigenvalue weighted by Crippen LogP contribution is 2.24. The molecule has 1 aliphatic rings. The van der Waals surface area contributed by atoms with Crippen LogP contribution in [0.3, 0.4) is 0 Å². The molecule has 0 aromatic rings. The smallest absolute Gasteiger partial charge is 0.0191 e. The van der Waals surface area contributed by atoms with Crippen molar-refractivity contribution in [3.63, 3.8) is 0 Å². The number of nitrogens with zero attached hydrogens (tertiary/aromatic N) is 1. The Morgan fingerprint density at radius 3 is 2.65 bits per heavy atom. The van der Waals surface area contributed by atoms with Crippen LogP contribution in [0.1, 0.15) is 34.1 Å². The summed E-state index contributed by atoms with van der Waals surface area (Å²) in [5, 5.41) is 3.59. The van der Waals surface area contributed by atoms with Gasteiger partial charge in [0.15, 0.2) is 0 Å². The van der Waals surface area contributed by atoms with E-state index in [2.05, 4.69) is 56.7 Å². The standard InChI is InChI=1S/C14H30N2S/c1-12(2)8-15-10-14(3,4)11-16(5)13-6-7-17-9-13/h12-13,15H,6-11H2,1-5H3. The zero-order valence-electron chi connectivity index (χ0n) is 12.3. The first-order valence-electron chi connectivity index (χ1n) is 6.89. The Bertz CT molecular complexity index is 210. The van der Waals surface area contributed by atoms with Crippen LogP contribution >= 0.6 is 11.8 Å². The van der Waals surface area contributed by atoms with Crippen molar-refractivity contribution in [2.75, 3.05) is 38.2 Å². The maximum Gasteiger partial charge on any atom is 0.0191 e. The molecule has 2 nitrogen and oxygen atoms in total. The summed E-state index contributed by atoms with van der Waals surface area (Å²) in [6, 6.07) is 0.810. The molecule has 0 saturated carbocycles. The summed E-state index contributed by atoms with van der Waals surface area (Å²) in [5.41, 5.74) is 0.372. The molecule has 1 saturated heterocycles. The number of hydrogen-bond donors (Lipinski definition) is 1. The Hall–Kier alpha value is 0.270. The Morgan fingerprint density at radius 1 is 1.41 bits per heavy atom. The quantitative estimate of drug-likeness (QED) is 0.756. The van der Waals surface area contributed by atoms with Gasteiger partial charge >= 0.3 is 0 Å². The van der Waals surface area contributed by atoms with Gasteiger partial charge in [-0.15, -0.1) is 0 Å². The highest BCUT2D eigenvalue weighted by Gasteiger charge is 2.26. The first-order valence-corrected chi connectivity index (χ1v) is 8.05. The third-order valence-electron chi connectivity index (χ3n) is 3.36. The van der Waals surface area contributed by atoms with Gasteiger partial charge in [-0.2, -0.15) is 11.8 Å². The predicted octanol–water partition coefficient (Wildman–Crippen LogP) is 2.70. The summed E-state index contributed by atoms with van der Waals surface area (Å²) in [6.45, 7) is 12.7. The lowest BCUT2D eigenvalue weighted by Gasteiger charge is -2.34. The molecular weight excluding hydrogens is 228 g/mol. The zero-order valence-corrected chi connectivity index (χ0v) is 13.1. The van der Waals surface area contributed by atoms with Crippen LogP contribution in [0.5, 0.6) is 0 Å². The number of hydrogen-bond acceptors (Lipinski definition) is 3. The molecule has 1 N–H and O–H groups in total. The average molecular weight is 258 g/mol. The van der Waals surface area contributed by atoms with Gasteiger partial charge in [-0.1, -0.05) is 27.7 Å². The molecule has 0 amide bonds. The predicted molar refractivity (Wildman–Crippen MR) is 79.8 cm³/mol. The van der Waals surface area contributed by atoms with Crippen molar-refractivity contribution in [2.24, 2.45) is 11.3 Å². The van der Waals surface area contributed by atoms with Gasteiger partial charge in [-0.25, -0.2) is 0 Å². The van der Waals surface area contributed by atoms with Gasteiger partial charge in [0.05, 0.1) is 0 Å². The highest BCUT2D eigenvalue weighted by atomic mass is 32.2. The van der Waals surface area contributed by atoms with Crippen molar-refractivity contribution in [3.8, 4) is 0 Å². The highest BCUT2D eigenvalue weighted by molar-refractivity contribution is 7.99. The lowest BCUT2D eigenvalue weighted by Crippen LogP contribution is -2.43. The lowest BCUT2D eigenvalue weighted by molar-refractivity contribution is 0.167. The molecule has 3 heteroatoms. The number of nitrogens with one attached hydrogen (secondary N) is 1. The third kappa shape index (κ3) is 6.12. The summed E-state index contributed by atoms with van der Waals surface area (Å²) >= 11 is 2.10. The van der Waals surface area contributed by atoms with Crippen molar-refractivity contribution >= 4 is 11.8 Å². The van der Waals surface area contributed by atoms with Crippen molar-refractivity contribution in [2.45, 2.75) is 40.2 Å². The van der Waals surface area contributed by atoms with E-state index in [4.69, 9.17) is 0 Å². The Labute approximate surface area is 112 Å². The summed E-state index contributed by atoms with van der Waals surface area (Å²) in [7, 11) is 2.29. The lowest BCUT2D eigenvalue weighted by atomic mass is 9.92. The second kappa shape index (κ2) is 7.01. The first-order chi connectivity index (χ1) is 7.91. The molecule has 1 heterocycles. The largest absolute Gasteiger partial charge is 0.316 e. The second-order valence-corrected chi connectivity index (χ2v) is 7.77. The minimum atomic E-state index is 0.372. The van der Waals surface area contributed by atoms with Gasteiger partial charge in [0, 0.05) is 24.9 Å². The molecule has 1 unspecified atom stereocenters. The maximum absolute atomic E-state index is 3.59. The van der Waals surface area contributed by atoms with Gasteiger partial charge in [-0.05, 0) is 37.1 Å². The molecule has 0 spiro atoms. The van der Waals surface area contributed by atoms with Crippen molar-refractivity contribution in [3.05, 3.63) is 0 Å². The van der Waals surface area contributed by atoms with E-state index in [1.54, 1.807) is 0 Å². The summed E-state index contributed by atoms with van der Waals surface area (Å²) in [4.78, 5) is 2.57. The number of rotatable bonds is 7. The van der Waals surface area contributed by atoms with Crippen LogP contribution in [0.4, 0.5) is 0 Å². The molecule has 0 aliphatic carbocycles. The van der Waals surface area contributed by atoms with E-state index in [1.165, 1.54) is 24.5 Å². The van der Waals surface area contributed by atoms with E-state index < -0.39 is 0 Å². The van der Waals surface area contributed by atoms with Gasteiger partial charge in [-0.3, -0.25) is 0 Å². The van der Waals surface area contributed by atoms with Crippen LogP contribution < -0.4 is 5.32 Å². The average Bonchev–Trinajstić information content (AvgIpc) is 2.68. The summed E-state index contributed by atoms with van der Waals surface area (Å²) < 4.78 is 0. The Balaban J connectivity index is 2.26. The van der Waals surface area contributed by atoms with Crippen LogP contribution in [0, 0.1) is 11.3 Å². The topological polar surface area (TPSA) is 15.3 Å². The molecule has 102 valence electrons. The van der Waals surface area contributed by atoms with Gasteiger partial charge in [0.2, 0.25) is 0 Å². The van der Waals surface area contributed by atoms with Gasteiger partial charge in [0.1, 0.15) is 0 Å². The van der Waals surface area contributed by atoms with E-state index in [1.807, 2.05) is 0 Å². The van der Waals surface area contributed by atoms with Gasteiger partial charge < -0.3 is 10.2 Å². The van der Waals surface area contributed by atoms with E-state index >= 15 is 0 Å². The van der Waals surface area contributed by atoms with Crippen LogP contribution in [-0.2, 0) is 0 Å². The van der Waals surface area contributed by atoms with Gasteiger partial charge in [0.25, 0.3) is 0 Å². The second-order valence-electron chi connectivity index (χ2n) is 6.62. The molecular formula is C14H30N2S. The van der Waals surface area contributed by atoms with Crippen molar-refractivity contribution in [1.82, 2.24) is 10.2 Å². The normalized spacial score (nSPS) is 21.7. The summed E-state index contributed by atoms with van der Waals surface area (Å²) in [5.74, 6) is 3.42. The molecule has 0 bridgehead atoms. The molecule has 1 atom stereocenters. The minimum absolute atomic E-state index is 0.372. The van der Waals surface area contributed by atoms with E-state index in [9.17, 15) is 0 Å². The Morgan fingerprint density at radius 2 is 2.12 bits per heavy atom. The molecule has 0 aromatic heterocycles. The van der Waals surface area contributed by atoms with Crippen LogP contribution in [-0.4, -0.2) is 49.1 Å². The van der Waals surface area contributed by atoms with Crippen LogP contribution in [0.15, 0.2) is 0 Å². The first kappa shape index (κ1) is 15.3. The SMILES string of the molecule is CC(C)CNCC(C)(C)CN(C)C1CCSC1. The fourth-order valence-electron chi connectivity index (χ4n) is 2.43. The van der Waals surface area contributed by atoms with Crippen molar-refractivity contribution in [1.29, 1.82) is 0 Å². The summed E-state index contributed by atoms with van der Waals surface area (Å²) in [6.07, 6.45) is 1.37. The number of thioether (sulfide) groups is 1. The Kier molecular flexibility index (Phi) is 6.32. The fourth-order valence-corrected chi connectivity index (χ4v) is 3.73. The minimum Gasteiger partial charge on any atom is -0.316 e. The molecule has 0 radical (unpaired) electrons. The van der Waals surface area contributed by atoms with E-state index in [0.717, 1.165) is 25.0 Å². The molecule has 1 rings (SSSR count).